The van der Waals surface area contributed by atoms with E-state index < -0.39 is 11.3 Å². The van der Waals surface area contributed by atoms with Crippen LogP contribution < -0.4 is 5.73 Å². The van der Waals surface area contributed by atoms with Gasteiger partial charge in [-0.1, -0.05) is 30.3 Å². The standard InChI is InChI=1S/C16H24FNO/c1-14(2)10-13(15(3,4)19-14)16(17,11-18)12-8-6-5-7-9-12/h5-9,13H,10-11,18H2,1-4H3. The second-order valence-corrected chi connectivity index (χ2v) is 6.65. The lowest BCUT2D eigenvalue weighted by atomic mass is 9.72. The van der Waals surface area contributed by atoms with Gasteiger partial charge in [0, 0.05) is 12.5 Å². The lowest BCUT2D eigenvalue weighted by molar-refractivity contribution is -0.0944. The molecule has 0 amide bonds. The Kier molecular flexibility index (Phi) is 3.48. The van der Waals surface area contributed by atoms with E-state index >= 15 is 4.39 Å². The van der Waals surface area contributed by atoms with E-state index in [-0.39, 0.29) is 18.1 Å². The molecule has 0 bridgehead atoms. The molecule has 0 aliphatic carbocycles. The number of halogens is 1. The molecule has 106 valence electrons. The molecule has 1 aliphatic rings. The second-order valence-electron chi connectivity index (χ2n) is 6.65. The van der Waals surface area contributed by atoms with E-state index in [1.165, 1.54) is 0 Å². The molecule has 1 heterocycles. The molecule has 1 aromatic carbocycles. The van der Waals surface area contributed by atoms with Gasteiger partial charge >= 0.3 is 0 Å². The van der Waals surface area contributed by atoms with Crippen molar-refractivity contribution in [3.8, 4) is 0 Å². The highest BCUT2D eigenvalue weighted by Crippen LogP contribution is 2.51. The van der Waals surface area contributed by atoms with Gasteiger partial charge in [0.15, 0.2) is 5.67 Å². The van der Waals surface area contributed by atoms with Gasteiger partial charge in [-0.15, -0.1) is 0 Å². The first kappa shape index (κ1) is 14.5. The molecule has 2 atom stereocenters. The Hall–Kier alpha value is -0.930. The molecule has 1 saturated heterocycles. The highest BCUT2D eigenvalue weighted by atomic mass is 19.1. The molecule has 0 saturated carbocycles. The Bertz CT molecular complexity index is 443. The topological polar surface area (TPSA) is 35.2 Å². The fourth-order valence-electron chi connectivity index (χ4n) is 3.45. The summed E-state index contributed by atoms with van der Waals surface area (Å²) in [6.45, 7) is 7.91. The number of nitrogens with two attached hydrogens (primary N) is 1. The second kappa shape index (κ2) is 4.57. The van der Waals surface area contributed by atoms with Crippen molar-refractivity contribution in [1.29, 1.82) is 0 Å². The van der Waals surface area contributed by atoms with Crippen LogP contribution in [-0.4, -0.2) is 17.7 Å². The minimum atomic E-state index is -1.54. The van der Waals surface area contributed by atoms with Gasteiger partial charge in [0.05, 0.1) is 11.2 Å². The van der Waals surface area contributed by atoms with Crippen LogP contribution in [0.2, 0.25) is 0 Å². The van der Waals surface area contributed by atoms with Gasteiger partial charge < -0.3 is 10.5 Å². The van der Waals surface area contributed by atoms with Crippen molar-refractivity contribution >= 4 is 0 Å². The van der Waals surface area contributed by atoms with Crippen molar-refractivity contribution in [3.63, 3.8) is 0 Å². The van der Waals surface area contributed by atoms with E-state index in [9.17, 15) is 0 Å². The maximum atomic E-state index is 15.6. The van der Waals surface area contributed by atoms with Gasteiger partial charge in [-0.2, -0.15) is 0 Å². The normalized spacial score (nSPS) is 28.0. The molecule has 19 heavy (non-hydrogen) atoms. The Labute approximate surface area is 115 Å². The van der Waals surface area contributed by atoms with Gasteiger partial charge in [-0.25, -0.2) is 4.39 Å². The molecule has 2 rings (SSSR count). The highest BCUT2D eigenvalue weighted by Gasteiger charge is 2.56. The van der Waals surface area contributed by atoms with Crippen LogP contribution in [0.25, 0.3) is 0 Å². The van der Waals surface area contributed by atoms with E-state index in [0.29, 0.717) is 12.0 Å². The van der Waals surface area contributed by atoms with Crippen LogP contribution in [-0.2, 0) is 10.4 Å². The Morgan fingerprint density at radius 2 is 1.84 bits per heavy atom. The Morgan fingerprint density at radius 3 is 2.26 bits per heavy atom. The predicted octanol–water partition coefficient (Wildman–Crippen LogP) is 3.40. The summed E-state index contributed by atoms with van der Waals surface area (Å²) in [4.78, 5) is 0. The molecule has 2 nitrogen and oxygen atoms in total. The van der Waals surface area contributed by atoms with Crippen LogP contribution in [0, 0.1) is 5.92 Å². The monoisotopic (exact) mass is 265 g/mol. The first-order valence-corrected chi connectivity index (χ1v) is 6.86. The SMILES string of the molecule is CC1(C)CC(C(F)(CN)c2ccccc2)C(C)(C)O1. The van der Waals surface area contributed by atoms with Gasteiger partial charge in [-0.05, 0) is 39.7 Å². The number of ether oxygens (including phenoxy) is 1. The van der Waals surface area contributed by atoms with Crippen LogP contribution in [0.5, 0.6) is 0 Å². The van der Waals surface area contributed by atoms with E-state index in [1.54, 1.807) is 0 Å². The summed E-state index contributed by atoms with van der Waals surface area (Å²) in [6, 6.07) is 9.23. The molecule has 2 N–H and O–H groups in total. The molecule has 1 aromatic rings. The highest BCUT2D eigenvalue weighted by molar-refractivity contribution is 5.26. The quantitative estimate of drug-likeness (QED) is 0.909. The molecule has 1 fully saturated rings. The molecular formula is C16H24FNO. The summed E-state index contributed by atoms with van der Waals surface area (Å²) in [5, 5.41) is 0. The lowest BCUT2D eigenvalue weighted by Crippen LogP contribution is -2.46. The minimum absolute atomic E-state index is 0.0233. The van der Waals surface area contributed by atoms with Gasteiger partial charge in [-0.3, -0.25) is 0 Å². The molecule has 0 radical (unpaired) electrons. The van der Waals surface area contributed by atoms with E-state index in [1.807, 2.05) is 58.0 Å². The summed E-state index contributed by atoms with van der Waals surface area (Å²) in [7, 11) is 0. The largest absolute Gasteiger partial charge is 0.369 e. The maximum absolute atomic E-state index is 15.6. The van der Waals surface area contributed by atoms with Crippen molar-refractivity contribution in [2.75, 3.05) is 6.54 Å². The van der Waals surface area contributed by atoms with Gasteiger partial charge in [0.25, 0.3) is 0 Å². The van der Waals surface area contributed by atoms with Crippen LogP contribution in [0.4, 0.5) is 4.39 Å². The fraction of sp³-hybridized carbons (Fsp3) is 0.625. The number of hydrogen-bond acceptors (Lipinski definition) is 2. The van der Waals surface area contributed by atoms with Crippen LogP contribution >= 0.6 is 0 Å². The third-order valence-corrected chi connectivity index (χ3v) is 4.18. The number of benzene rings is 1. The summed E-state index contributed by atoms with van der Waals surface area (Å²) in [5.74, 6) is -0.248. The fourth-order valence-corrected chi connectivity index (χ4v) is 3.45. The molecule has 3 heteroatoms. The lowest BCUT2D eigenvalue weighted by Gasteiger charge is -2.37. The predicted molar refractivity (Wildman–Crippen MR) is 75.6 cm³/mol. The molecular weight excluding hydrogens is 241 g/mol. The zero-order valence-corrected chi connectivity index (χ0v) is 12.2. The van der Waals surface area contributed by atoms with Crippen molar-refractivity contribution in [2.45, 2.75) is 51.0 Å². The average molecular weight is 265 g/mol. The summed E-state index contributed by atoms with van der Waals surface area (Å²) < 4.78 is 21.6. The van der Waals surface area contributed by atoms with E-state index in [4.69, 9.17) is 10.5 Å². The third-order valence-electron chi connectivity index (χ3n) is 4.18. The van der Waals surface area contributed by atoms with Gasteiger partial charge in [0.1, 0.15) is 0 Å². The smallest absolute Gasteiger partial charge is 0.153 e. The molecule has 1 aliphatic heterocycles. The van der Waals surface area contributed by atoms with E-state index in [2.05, 4.69) is 0 Å². The van der Waals surface area contributed by atoms with Crippen molar-refractivity contribution in [3.05, 3.63) is 35.9 Å². The first-order chi connectivity index (χ1) is 8.71. The third kappa shape index (κ3) is 2.54. The summed E-state index contributed by atoms with van der Waals surface area (Å²) in [6.07, 6.45) is 0.669. The average Bonchev–Trinajstić information content (AvgIpc) is 2.58. The van der Waals surface area contributed by atoms with E-state index in [0.717, 1.165) is 0 Å². The van der Waals surface area contributed by atoms with Crippen molar-refractivity contribution < 1.29 is 9.13 Å². The number of rotatable bonds is 3. The Morgan fingerprint density at radius 1 is 1.26 bits per heavy atom. The zero-order chi connectivity index (χ0) is 14.3. The van der Waals surface area contributed by atoms with Crippen LogP contribution in [0.1, 0.15) is 39.7 Å². The zero-order valence-electron chi connectivity index (χ0n) is 12.2. The molecule has 0 aromatic heterocycles. The maximum Gasteiger partial charge on any atom is 0.153 e. The van der Waals surface area contributed by atoms with Gasteiger partial charge in [0.2, 0.25) is 0 Å². The van der Waals surface area contributed by atoms with Crippen LogP contribution in [0.15, 0.2) is 30.3 Å². The van der Waals surface area contributed by atoms with Crippen molar-refractivity contribution in [1.82, 2.24) is 0 Å². The number of hydrogen-bond donors (Lipinski definition) is 1. The molecule has 0 spiro atoms. The molecule has 2 unspecified atom stereocenters. The minimum Gasteiger partial charge on any atom is -0.369 e. The Balaban J connectivity index is 2.42. The first-order valence-electron chi connectivity index (χ1n) is 6.86. The van der Waals surface area contributed by atoms with Crippen LogP contribution in [0.3, 0.4) is 0 Å². The summed E-state index contributed by atoms with van der Waals surface area (Å²) in [5.41, 5.74) is 4.07. The summed E-state index contributed by atoms with van der Waals surface area (Å²) >= 11 is 0. The number of alkyl halides is 1. The van der Waals surface area contributed by atoms with Crippen molar-refractivity contribution in [2.24, 2.45) is 11.7 Å².